The fourth-order valence-corrected chi connectivity index (χ4v) is 4.37. The maximum atomic E-state index is 13.0. The lowest BCUT2D eigenvalue weighted by molar-refractivity contribution is -0.567. The molecule has 0 amide bonds. The average Bonchev–Trinajstić information content (AvgIpc) is 2.85. The molecule has 0 saturated heterocycles. The van der Waals surface area contributed by atoms with Gasteiger partial charge in [0, 0.05) is 23.3 Å². The van der Waals surface area contributed by atoms with E-state index in [9.17, 15) is 8.42 Å². The lowest BCUT2D eigenvalue weighted by atomic mass is 10.1. The molecular formula is C27H25N2O3S+. The van der Waals surface area contributed by atoms with E-state index in [-0.39, 0.29) is 4.90 Å². The van der Waals surface area contributed by atoms with E-state index in [1.165, 1.54) is 6.20 Å². The molecule has 6 heteroatoms. The summed E-state index contributed by atoms with van der Waals surface area (Å²) in [4.78, 5) is 0.213. The van der Waals surface area contributed by atoms with Gasteiger partial charge in [0.15, 0.2) is 6.20 Å². The molecule has 0 spiro atoms. The first-order chi connectivity index (χ1) is 16.0. The number of nitrogens with one attached hydrogen (secondary N) is 1. The third kappa shape index (κ3) is 5.13. The molecule has 0 saturated carbocycles. The molecule has 0 bridgehead atoms. The highest BCUT2D eigenvalue weighted by molar-refractivity contribution is 7.89. The summed E-state index contributed by atoms with van der Waals surface area (Å²) in [6.45, 7) is 1.92. The number of ether oxygens (including phenoxy) is 1. The van der Waals surface area contributed by atoms with Crippen LogP contribution in [0.3, 0.4) is 0 Å². The summed E-state index contributed by atoms with van der Waals surface area (Å²) in [5, 5.41) is 0. The maximum Gasteiger partial charge on any atom is 0.261 e. The topological polar surface area (TPSA) is 59.3 Å². The number of aryl methyl sites for hydroxylation is 1. The third-order valence-corrected chi connectivity index (χ3v) is 6.58. The quantitative estimate of drug-likeness (QED) is 0.406. The Labute approximate surface area is 194 Å². The zero-order chi connectivity index (χ0) is 23.3. The zero-order valence-corrected chi connectivity index (χ0v) is 19.3. The third-order valence-electron chi connectivity index (χ3n) is 5.26. The normalized spacial score (nSPS) is 11.8. The van der Waals surface area contributed by atoms with Crippen LogP contribution in [0.25, 0.3) is 17.0 Å². The second kappa shape index (κ2) is 9.71. The van der Waals surface area contributed by atoms with Gasteiger partial charge in [-0.15, -0.1) is 0 Å². The van der Waals surface area contributed by atoms with Gasteiger partial charge in [-0.05, 0) is 61.5 Å². The van der Waals surface area contributed by atoms with Crippen molar-refractivity contribution < 1.29 is 17.7 Å². The fourth-order valence-electron chi connectivity index (χ4n) is 3.47. The van der Waals surface area contributed by atoms with Crippen LogP contribution in [0.2, 0.25) is 0 Å². The number of rotatable bonds is 7. The van der Waals surface area contributed by atoms with Gasteiger partial charge in [-0.25, -0.2) is 8.42 Å². The Bertz CT molecular complexity index is 1360. The van der Waals surface area contributed by atoms with Gasteiger partial charge in [0.05, 0.1) is 18.2 Å². The van der Waals surface area contributed by atoms with Gasteiger partial charge in [0.25, 0.3) is 10.0 Å². The van der Waals surface area contributed by atoms with Crippen molar-refractivity contribution in [3.05, 3.63) is 121 Å². The number of benzene rings is 3. The summed E-state index contributed by atoms with van der Waals surface area (Å²) >= 11 is 0. The first-order valence-electron chi connectivity index (χ1n) is 10.5. The molecule has 33 heavy (non-hydrogen) atoms. The molecule has 1 N–H and O–H groups in total. The van der Waals surface area contributed by atoms with Crippen LogP contribution in [0.4, 0.5) is 0 Å². The minimum absolute atomic E-state index is 0.213. The smallest absolute Gasteiger partial charge is 0.261 e. The fraction of sp³-hybridized carbons (Fsp3) is 0.0741. The van der Waals surface area contributed by atoms with Crippen LogP contribution in [0.15, 0.2) is 114 Å². The van der Waals surface area contributed by atoms with Crippen LogP contribution in [0, 0.1) is 6.92 Å². The van der Waals surface area contributed by atoms with Gasteiger partial charge in [-0.3, -0.25) is 4.72 Å². The van der Waals surface area contributed by atoms with Gasteiger partial charge < -0.3 is 4.74 Å². The molecule has 0 fully saturated rings. The summed E-state index contributed by atoms with van der Waals surface area (Å²) in [6, 6.07) is 30.1. The summed E-state index contributed by atoms with van der Waals surface area (Å²) in [7, 11) is -2.10. The van der Waals surface area contributed by atoms with Crippen LogP contribution < -0.4 is 14.0 Å². The first-order valence-corrected chi connectivity index (χ1v) is 12.0. The lowest BCUT2D eigenvalue weighted by Gasteiger charge is -2.10. The van der Waals surface area contributed by atoms with E-state index in [1.807, 2.05) is 90.5 Å². The molecular weight excluding hydrogens is 432 g/mol. The zero-order valence-electron chi connectivity index (χ0n) is 18.5. The second-order valence-corrected chi connectivity index (χ2v) is 9.23. The van der Waals surface area contributed by atoms with Crippen molar-refractivity contribution in [1.29, 1.82) is 0 Å². The summed E-state index contributed by atoms with van der Waals surface area (Å²) in [5.74, 6) is 0.769. The molecule has 5 nitrogen and oxygen atoms in total. The van der Waals surface area contributed by atoms with Gasteiger partial charge in [0.1, 0.15) is 5.75 Å². The van der Waals surface area contributed by atoms with Gasteiger partial charge in [0.2, 0.25) is 11.4 Å². The Kier molecular flexibility index (Phi) is 6.56. The highest BCUT2D eigenvalue weighted by atomic mass is 32.2. The summed E-state index contributed by atoms with van der Waals surface area (Å²) in [5.41, 5.74) is 4.44. The number of pyridine rings is 1. The molecule has 4 aromatic rings. The first kappa shape index (κ1) is 22.3. The van der Waals surface area contributed by atoms with Gasteiger partial charge in [-0.1, -0.05) is 35.9 Å². The van der Waals surface area contributed by atoms with Crippen molar-refractivity contribution in [2.45, 2.75) is 11.8 Å². The van der Waals surface area contributed by atoms with E-state index in [0.717, 1.165) is 28.1 Å². The van der Waals surface area contributed by atoms with Gasteiger partial charge >= 0.3 is 0 Å². The Morgan fingerprint density at radius 2 is 1.52 bits per heavy atom. The van der Waals surface area contributed by atoms with Crippen LogP contribution in [-0.4, -0.2) is 15.5 Å². The Morgan fingerprint density at radius 1 is 0.848 bits per heavy atom. The summed E-state index contributed by atoms with van der Waals surface area (Å²) in [6.07, 6.45) is 3.45. The molecule has 0 aliphatic rings. The SMILES string of the molecule is COc1ccc(-c2cccc[n+]2/C(=C\NS(=O)(=O)c2ccc(C)cc2)c2ccccc2)cc1. The van der Waals surface area contributed by atoms with Crippen LogP contribution in [-0.2, 0) is 10.0 Å². The summed E-state index contributed by atoms with van der Waals surface area (Å²) < 4.78 is 35.8. The predicted molar refractivity (Wildman–Crippen MR) is 130 cm³/mol. The number of nitrogens with zero attached hydrogens (tertiary/aromatic N) is 1. The van der Waals surface area contributed by atoms with Crippen LogP contribution in [0.5, 0.6) is 5.75 Å². The molecule has 1 heterocycles. The molecule has 0 radical (unpaired) electrons. The predicted octanol–water partition coefficient (Wildman–Crippen LogP) is 4.78. The van der Waals surface area contributed by atoms with Crippen molar-refractivity contribution in [2.75, 3.05) is 7.11 Å². The van der Waals surface area contributed by atoms with Crippen LogP contribution in [0.1, 0.15) is 11.1 Å². The number of hydrogen-bond donors (Lipinski definition) is 1. The van der Waals surface area contributed by atoms with Crippen LogP contribution >= 0.6 is 0 Å². The second-order valence-electron chi connectivity index (χ2n) is 7.51. The van der Waals surface area contributed by atoms with E-state index in [4.69, 9.17) is 4.74 Å². The molecule has 4 rings (SSSR count). The standard InChI is InChI=1S/C27H25N2O3S/c1-21-11-17-25(18-12-21)33(30,31)28-20-27(22-8-4-3-5-9-22)29-19-7-6-10-26(29)23-13-15-24(32-2)16-14-23/h3-20,28H,1-2H3/q+1/b27-20-. The molecule has 3 aromatic carbocycles. The van der Waals surface area contributed by atoms with E-state index in [0.29, 0.717) is 5.70 Å². The Hall–Kier alpha value is -3.90. The van der Waals surface area contributed by atoms with E-state index < -0.39 is 10.0 Å². The number of hydrogen-bond acceptors (Lipinski definition) is 3. The molecule has 0 aliphatic heterocycles. The molecule has 166 valence electrons. The highest BCUT2D eigenvalue weighted by Gasteiger charge is 2.21. The average molecular weight is 458 g/mol. The maximum absolute atomic E-state index is 13.0. The molecule has 0 aliphatic carbocycles. The van der Waals surface area contributed by atoms with Crippen molar-refractivity contribution >= 4 is 15.7 Å². The van der Waals surface area contributed by atoms with E-state index in [2.05, 4.69) is 4.72 Å². The monoisotopic (exact) mass is 457 g/mol. The van der Waals surface area contributed by atoms with E-state index >= 15 is 0 Å². The highest BCUT2D eigenvalue weighted by Crippen LogP contribution is 2.22. The van der Waals surface area contributed by atoms with E-state index in [1.54, 1.807) is 31.4 Å². The van der Waals surface area contributed by atoms with Crippen molar-refractivity contribution in [3.8, 4) is 17.0 Å². The molecule has 0 unspecified atom stereocenters. The molecule has 0 atom stereocenters. The largest absolute Gasteiger partial charge is 0.497 e. The number of methoxy groups -OCH3 is 1. The van der Waals surface area contributed by atoms with Crippen molar-refractivity contribution in [3.63, 3.8) is 0 Å². The Morgan fingerprint density at radius 3 is 2.18 bits per heavy atom. The van der Waals surface area contributed by atoms with Gasteiger partial charge in [-0.2, -0.15) is 4.57 Å². The minimum atomic E-state index is -3.73. The van der Waals surface area contributed by atoms with Crippen molar-refractivity contribution in [2.24, 2.45) is 0 Å². The Balaban J connectivity index is 1.80. The lowest BCUT2D eigenvalue weighted by Crippen LogP contribution is -2.36. The molecule has 1 aromatic heterocycles. The number of sulfonamides is 1. The minimum Gasteiger partial charge on any atom is -0.497 e. The van der Waals surface area contributed by atoms with Crippen molar-refractivity contribution in [1.82, 2.24) is 4.72 Å². The number of aromatic nitrogens is 1.